The number of benzene rings is 2. The summed E-state index contributed by atoms with van der Waals surface area (Å²) in [7, 11) is 1.30. The maximum absolute atomic E-state index is 12.0. The third-order valence-electron chi connectivity index (χ3n) is 3.31. The Morgan fingerprint density at radius 1 is 1.04 bits per heavy atom. The molecule has 0 saturated heterocycles. The molecule has 0 spiro atoms. The molecule has 23 heavy (non-hydrogen) atoms. The van der Waals surface area contributed by atoms with Gasteiger partial charge in [0.15, 0.2) is 6.61 Å². The molecular weight excluding hydrogens is 294 g/mol. The molecule has 1 amide bonds. The number of ether oxygens (including phenoxy) is 2. The van der Waals surface area contributed by atoms with Gasteiger partial charge in [-0.3, -0.25) is 4.79 Å². The summed E-state index contributed by atoms with van der Waals surface area (Å²) in [5, 5.41) is 2.65. The Bertz CT molecular complexity index is 680. The summed E-state index contributed by atoms with van der Waals surface area (Å²) in [5.41, 5.74) is 1.90. The van der Waals surface area contributed by atoms with Crippen molar-refractivity contribution in [3.63, 3.8) is 0 Å². The van der Waals surface area contributed by atoms with Gasteiger partial charge in [0.05, 0.1) is 18.4 Å². The number of aryl methyl sites for hydroxylation is 1. The van der Waals surface area contributed by atoms with Crippen molar-refractivity contribution in [2.75, 3.05) is 19.0 Å². The lowest BCUT2D eigenvalue weighted by atomic mass is 10.2. The van der Waals surface area contributed by atoms with E-state index in [1.54, 1.807) is 24.3 Å². The molecule has 0 radical (unpaired) electrons. The van der Waals surface area contributed by atoms with Gasteiger partial charge in [0.2, 0.25) is 0 Å². The fourth-order valence-corrected chi connectivity index (χ4v) is 2.04. The fraction of sp³-hybridized carbons (Fsp3) is 0.222. The second kappa shape index (κ2) is 7.98. The van der Waals surface area contributed by atoms with E-state index in [0.29, 0.717) is 17.0 Å². The fourth-order valence-electron chi connectivity index (χ4n) is 2.04. The van der Waals surface area contributed by atoms with Crippen LogP contribution in [0, 0.1) is 0 Å². The number of amides is 1. The SMILES string of the molecule is CCc1ccc(OCC(=O)Nc2ccccc2C(=O)OC)cc1. The summed E-state index contributed by atoms with van der Waals surface area (Å²) in [6.07, 6.45) is 0.949. The van der Waals surface area contributed by atoms with Crippen molar-refractivity contribution in [3.05, 3.63) is 59.7 Å². The van der Waals surface area contributed by atoms with Crippen LogP contribution in [0.2, 0.25) is 0 Å². The first-order chi connectivity index (χ1) is 11.1. The smallest absolute Gasteiger partial charge is 0.339 e. The number of hydrogen-bond acceptors (Lipinski definition) is 4. The largest absolute Gasteiger partial charge is 0.484 e. The lowest BCUT2D eigenvalue weighted by molar-refractivity contribution is -0.118. The molecule has 0 aromatic heterocycles. The van der Waals surface area contributed by atoms with Crippen LogP contribution in [0.1, 0.15) is 22.8 Å². The van der Waals surface area contributed by atoms with Gasteiger partial charge >= 0.3 is 5.97 Å². The Kier molecular flexibility index (Phi) is 5.74. The zero-order valence-corrected chi connectivity index (χ0v) is 13.2. The first-order valence-electron chi connectivity index (χ1n) is 7.33. The van der Waals surface area contributed by atoms with Gasteiger partial charge in [-0.05, 0) is 36.2 Å². The lowest BCUT2D eigenvalue weighted by Gasteiger charge is -2.10. The highest BCUT2D eigenvalue weighted by molar-refractivity contribution is 6.01. The first kappa shape index (κ1) is 16.5. The molecule has 5 heteroatoms. The van der Waals surface area contributed by atoms with Crippen LogP contribution >= 0.6 is 0 Å². The molecule has 0 aliphatic rings. The van der Waals surface area contributed by atoms with Crippen LogP contribution < -0.4 is 10.1 Å². The molecule has 0 aliphatic heterocycles. The predicted octanol–water partition coefficient (Wildman–Crippen LogP) is 3.05. The quantitative estimate of drug-likeness (QED) is 0.833. The number of rotatable bonds is 6. The van der Waals surface area contributed by atoms with Gasteiger partial charge in [0.25, 0.3) is 5.91 Å². The van der Waals surface area contributed by atoms with Crippen LogP contribution in [0.25, 0.3) is 0 Å². The molecule has 2 aromatic rings. The minimum Gasteiger partial charge on any atom is -0.484 e. The van der Waals surface area contributed by atoms with Crippen molar-refractivity contribution in [1.29, 1.82) is 0 Å². The molecule has 1 N–H and O–H groups in total. The van der Waals surface area contributed by atoms with Crippen LogP contribution in [-0.2, 0) is 16.0 Å². The third-order valence-corrected chi connectivity index (χ3v) is 3.31. The van der Waals surface area contributed by atoms with E-state index in [1.807, 2.05) is 24.3 Å². The summed E-state index contributed by atoms with van der Waals surface area (Å²) in [6.45, 7) is 1.93. The van der Waals surface area contributed by atoms with Crippen LogP contribution in [0.3, 0.4) is 0 Å². The van der Waals surface area contributed by atoms with E-state index < -0.39 is 5.97 Å². The van der Waals surface area contributed by atoms with Crippen molar-refractivity contribution >= 4 is 17.6 Å². The van der Waals surface area contributed by atoms with Crippen molar-refractivity contribution in [3.8, 4) is 5.75 Å². The zero-order valence-electron chi connectivity index (χ0n) is 13.2. The van der Waals surface area contributed by atoms with E-state index in [-0.39, 0.29) is 12.5 Å². The highest BCUT2D eigenvalue weighted by Gasteiger charge is 2.13. The summed E-state index contributed by atoms with van der Waals surface area (Å²) in [4.78, 5) is 23.6. The molecule has 0 aliphatic carbocycles. The van der Waals surface area contributed by atoms with Crippen molar-refractivity contribution in [2.24, 2.45) is 0 Å². The van der Waals surface area contributed by atoms with Gasteiger partial charge in [-0.15, -0.1) is 0 Å². The van der Waals surface area contributed by atoms with Crippen molar-refractivity contribution < 1.29 is 19.1 Å². The minimum atomic E-state index is -0.503. The van der Waals surface area contributed by atoms with Crippen molar-refractivity contribution in [2.45, 2.75) is 13.3 Å². The van der Waals surface area contributed by atoms with E-state index in [4.69, 9.17) is 4.74 Å². The maximum atomic E-state index is 12.0. The number of anilines is 1. The average Bonchev–Trinajstić information content (AvgIpc) is 2.60. The Hall–Kier alpha value is -2.82. The Labute approximate surface area is 135 Å². The Balaban J connectivity index is 1.95. The van der Waals surface area contributed by atoms with E-state index in [2.05, 4.69) is 17.0 Å². The molecule has 2 aromatic carbocycles. The Morgan fingerprint density at radius 3 is 2.39 bits per heavy atom. The predicted molar refractivity (Wildman–Crippen MR) is 87.7 cm³/mol. The summed E-state index contributed by atoms with van der Waals surface area (Å²) in [5.74, 6) is -0.225. The van der Waals surface area contributed by atoms with E-state index in [9.17, 15) is 9.59 Å². The number of para-hydroxylation sites is 1. The standard InChI is InChI=1S/C18H19NO4/c1-3-13-8-10-14(11-9-13)23-12-17(20)19-16-7-5-4-6-15(16)18(21)22-2/h4-11H,3,12H2,1-2H3,(H,19,20). The van der Waals surface area contributed by atoms with Gasteiger partial charge in [-0.2, -0.15) is 0 Å². The zero-order chi connectivity index (χ0) is 16.7. The van der Waals surface area contributed by atoms with Gasteiger partial charge in [-0.25, -0.2) is 4.79 Å². The first-order valence-corrected chi connectivity index (χ1v) is 7.33. The molecule has 120 valence electrons. The molecule has 0 atom stereocenters. The van der Waals surface area contributed by atoms with Crippen LogP contribution in [0.15, 0.2) is 48.5 Å². The molecule has 0 unspecified atom stereocenters. The second-order valence-electron chi connectivity index (χ2n) is 4.87. The molecule has 5 nitrogen and oxygen atoms in total. The number of carbonyl (C=O) groups is 2. The van der Waals surface area contributed by atoms with Gasteiger partial charge in [0, 0.05) is 0 Å². The Morgan fingerprint density at radius 2 is 1.74 bits per heavy atom. The third kappa shape index (κ3) is 4.57. The molecule has 0 bridgehead atoms. The molecular formula is C18H19NO4. The van der Waals surface area contributed by atoms with Crippen LogP contribution in [0.5, 0.6) is 5.75 Å². The van der Waals surface area contributed by atoms with Gasteiger partial charge in [-0.1, -0.05) is 31.2 Å². The normalized spacial score (nSPS) is 10.0. The van der Waals surface area contributed by atoms with Crippen LogP contribution in [-0.4, -0.2) is 25.6 Å². The van der Waals surface area contributed by atoms with Crippen molar-refractivity contribution in [1.82, 2.24) is 0 Å². The van der Waals surface area contributed by atoms with Gasteiger partial charge < -0.3 is 14.8 Å². The average molecular weight is 313 g/mol. The second-order valence-corrected chi connectivity index (χ2v) is 4.87. The maximum Gasteiger partial charge on any atom is 0.339 e. The number of hydrogen-bond donors (Lipinski definition) is 1. The monoisotopic (exact) mass is 313 g/mol. The highest BCUT2D eigenvalue weighted by Crippen LogP contribution is 2.16. The van der Waals surface area contributed by atoms with E-state index in [1.165, 1.54) is 12.7 Å². The summed E-state index contributed by atoms with van der Waals surface area (Å²) in [6, 6.07) is 14.2. The van der Waals surface area contributed by atoms with E-state index >= 15 is 0 Å². The van der Waals surface area contributed by atoms with E-state index in [0.717, 1.165) is 6.42 Å². The number of nitrogens with one attached hydrogen (secondary N) is 1. The van der Waals surface area contributed by atoms with Crippen LogP contribution in [0.4, 0.5) is 5.69 Å². The molecule has 2 rings (SSSR count). The topological polar surface area (TPSA) is 64.6 Å². The lowest BCUT2D eigenvalue weighted by Crippen LogP contribution is -2.21. The molecule has 0 fully saturated rings. The number of esters is 1. The molecule has 0 saturated carbocycles. The van der Waals surface area contributed by atoms with Gasteiger partial charge in [0.1, 0.15) is 5.75 Å². The number of carbonyl (C=O) groups excluding carboxylic acids is 2. The summed E-state index contributed by atoms with van der Waals surface area (Å²) < 4.78 is 10.1. The molecule has 0 heterocycles. The number of methoxy groups -OCH3 is 1. The minimum absolute atomic E-state index is 0.138. The highest BCUT2D eigenvalue weighted by atomic mass is 16.5. The summed E-state index contributed by atoms with van der Waals surface area (Å²) >= 11 is 0.